The second-order valence-corrected chi connectivity index (χ2v) is 5.76. The van der Waals surface area contributed by atoms with Gasteiger partial charge in [-0.15, -0.1) is 11.3 Å². The minimum atomic E-state index is -0.477. The number of nitrogens with zero attached hydrogens (tertiary/aromatic N) is 1. The number of benzene rings is 1. The number of hydrogen-bond donors (Lipinski definition) is 1. The predicted molar refractivity (Wildman–Crippen MR) is 77.6 cm³/mol. The first-order valence-electron chi connectivity index (χ1n) is 6.41. The topological polar surface area (TPSA) is 42.4 Å². The third kappa shape index (κ3) is 3.78. The van der Waals surface area contributed by atoms with Gasteiger partial charge in [0, 0.05) is 11.3 Å². The van der Waals surface area contributed by atoms with E-state index in [1.165, 1.54) is 0 Å². The molecule has 0 amide bonds. The molecule has 1 aromatic heterocycles. The van der Waals surface area contributed by atoms with Crippen molar-refractivity contribution in [3.63, 3.8) is 0 Å². The Bertz CT molecular complexity index is 534. The molecule has 19 heavy (non-hydrogen) atoms. The van der Waals surface area contributed by atoms with Crippen LogP contribution in [0.5, 0.6) is 5.75 Å². The van der Waals surface area contributed by atoms with Gasteiger partial charge in [0.15, 0.2) is 0 Å². The van der Waals surface area contributed by atoms with E-state index in [1.807, 2.05) is 29.6 Å². The van der Waals surface area contributed by atoms with Crippen molar-refractivity contribution >= 4 is 11.3 Å². The molecule has 1 heterocycles. The van der Waals surface area contributed by atoms with Crippen LogP contribution in [0.3, 0.4) is 0 Å². The Morgan fingerprint density at radius 1 is 1.32 bits per heavy atom. The third-order valence-corrected chi connectivity index (χ3v) is 3.98. The number of ether oxygens (including phenoxy) is 1. The monoisotopic (exact) mass is 277 g/mol. The summed E-state index contributed by atoms with van der Waals surface area (Å²) in [5.41, 5.74) is 1.81. The molecular weight excluding hydrogens is 258 g/mol. The molecule has 0 saturated heterocycles. The lowest BCUT2D eigenvalue weighted by Gasteiger charge is -2.08. The van der Waals surface area contributed by atoms with Crippen LogP contribution in [0.1, 0.15) is 49.1 Å². The average molecular weight is 277 g/mol. The lowest BCUT2D eigenvalue weighted by atomic mass is 10.1. The third-order valence-electron chi connectivity index (χ3n) is 2.79. The Balaban J connectivity index is 1.99. The highest BCUT2D eigenvalue weighted by molar-refractivity contribution is 7.09. The van der Waals surface area contributed by atoms with Crippen LogP contribution in [0.25, 0.3) is 0 Å². The first-order chi connectivity index (χ1) is 9.06. The molecule has 1 atom stereocenters. The van der Waals surface area contributed by atoms with Crippen LogP contribution in [0.15, 0.2) is 29.6 Å². The molecular formula is C15H19NO2S. The van der Waals surface area contributed by atoms with Gasteiger partial charge in [-0.1, -0.05) is 26.0 Å². The summed E-state index contributed by atoms with van der Waals surface area (Å²) >= 11 is 1.67. The Morgan fingerprint density at radius 3 is 2.74 bits per heavy atom. The minimum absolute atomic E-state index is 0.456. The molecule has 1 aromatic carbocycles. The van der Waals surface area contributed by atoms with Crippen molar-refractivity contribution in [3.05, 3.63) is 45.9 Å². The van der Waals surface area contributed by atoms with Gasteiger partial charge < -0.3 is 9.84 Å². The predicted octanol–water partition coefficient (Wildman–Crippen LogP) is 3.90. The molecule has 1 N–H and O–H groups in total. The second-order valence-electron chi connectivity index (χ2n) is 4.87. The largest absolute Gasteiger partial charge is 0.487 e. The highest BCUT2D eigenvalue weighted by Gasteiger charge is 2.07. The van der Waals surface area contributed by atoms with Crippen LogP contribution >= 0.6 is 11.3 Å². The van der Waals surface area contributed by atoms with Crippen molar-refractivity contribution in [2.24, 2.45) is 0 Å². The fourth-order valence-corrected chi connectivity index (χ4v) is 2.50. The highest BCUT2D eigenvalue weighted by atomic mass is 32.1. The second kappa shape index (κ2) is 6.17. The Labute approximate surface area is 117 Å². The lowest BCUT2D eigenvalue weighted by Crippen LogP contribution is -1.98. The van der Waals surface area contributed by atoms with Crippen LogP contribution in [0.2, 0.25) is 0 Å². The van der Waals surface area contributed by atoms with Crippen LogP contribution in [-0.4, -0.2) is 10.1 Å². The van der Waals surface area contributed by atoms with Crippen LogP contribution < -0.4 is 4.74 Å². The van der Waals surface area contributed by atoms with E-state index in [9.17, 15) is 5.11 Å². The smallest absolute Gasteiger partial charge is 0.131 e. The summed E-state index contributed by atoms with van der Waals surface area (Å²) < 4.78 is 5.71. The maximum atomic E-state index is 9.53. The van der Waals surface area contributed by atoms with Gasteiger partial charge in [0.2, 0.25) is 0 Å². The zero-order chi connectivity index (χ0) is 13.8. The fraction of sp³-hybridized carbons (Fsp3) is 0.400. The number of hydrogen-bond acceptors (Lipinski definition) is 4. The van der Waals surface area contributed by atoms with Gasteiger partial charge >= 0.3 is 0 Å². The van der Waals surface area contributed by atoms with E-state index in [-0.39, 0.29) is 0 Å². The van der Waals surface area contributed by atoms with Gasteiger partial charge in [0.1, 0.15) is 12.4 Å². The van der Waals surface area contributed by atoms with E-state index in [4.69, 9.17) is 4.74 Å². The van der Waals surface area contributed by atoms with E-state index in [0.717, 1.165) is 22.0 Å². The number of aliphatic hydroxyl groups excluding tert-OH is 1. The maximum absolute atomic E-state index is 9.53. The Morgan fingerprint density at radius 2 is 2.11 bits per heavy atom. The summed E-state index contributed by atoms with van der Waals surface area (Å²) in [5, 5.41) is 12.7. The Hall–Kier alpha value is -1.39. The number of thiazole rings is 1. The standard InChI is InChI=1S/C15H19NO2S/c1-10(2)15-16-13(9-19-15)8-18-14-6-4-5-12(7-14)11(3)17/h4-7,9-11,17H,8H2,1-3H3/t11-/m1/s1. The van der Waals surface area contributed by atoms with Gasteiger partial charge in [0.25, 0.3) is 0 Å². The highest BCUT2D eigenvalue weighted by Crippen LogP contribution is 2.22. The molecule has 0 aliphatic rings. The van der Waals surface area contributed by atoms with E-state index in [0.29, 0.717) is 12.5 Å². The quantitative estimate of drug-likeness (QED) is 0.901. The number of aliphatic hydroxyl groups is 1. The molecule has 0 radical (unpaired) electrons. The van der Waals surface area contributed by atoms with Crippen LogP contribution in [0.4, 0.5) is 0 Å². The molecule has 0 saturated carbocycles. The molecule has 2 rings (SSSR count). The molecule has 2 aromatic rings. The first-order valence-corrected chi connectivity index (χ1v) is 7.29. The molecule has 3 nitrogen and oxygen atoms in total. The van der Waals surface area contributed by atoms with Gasteiger partial charge in [-0.3, -0.25) is 0 Å². The van der Waals surface area contributed by atoms with E-state index < -0.39 is 6.10 Å². The molecule has 0 spiro atoms. The average Bonchev–Trinajstić information content (AvgIpc) is 2.85. The zero-order valence-electron chi connectivity index (χ0n) is 11.5. The molecule has 102 valence electrons. The van der Waals surface area contributed by atoms with Crippen molar-refractivity contribution in [1.29, 1.82) is 0 Å². The van der Waals surface area contributed by atoms with Crippen molar-refractivity contribution in [3.8, 4) is 5.75 Å². The molecule has 0 aliphatic carbocycles. The molecule has 0 aliphatic heterocycles. The van der Waals surface area contributed by atoms with E-state index in [2.05, 4.69) is 18.8 Å². The van der Waals surface area contributed by atoms with Crippen LogP contribution in [-0.2, 0) is 6.61 Å². The van der Waals surface area contributed by atoms with Gasteiger partial charge in [-0.25, -0.2) is 4.98 Å². The minimum Gasteiger partial charge on any atom is -0.487 e. The van der Waals surface area contributed by atoms with Gasteiger partial charge in [-0.2, -0.15) is 0 Å². The molecule has 0 unspecified atom stereocenters. The van der Waals surface area contributed by atoms with Crippen molar-refractivity contribution in [2.45, 2.75) is 39.4 Å². The SMILES string of the molecule is CC(C)c1nc(COc2cccc([C@@H](C)O)c2)cs1. The van der Waals surface area contributed by atoms with Crippen molar-refractivity contribution in [1.82, 2.24) is 4.98 Å². The van der Waals surface area contributed by atoms with E-state index in [1.54, 1.807) is 18.3 Å². The van der Waals surface area contributed by atoms with Crippen molar-refractivity contribution in [2.75, 3.05) is 0 Å². The van der Waals surface area contributed by atoms with Gasteiger partial charge in [-0.05, 0) is 24.6 Å². The van der Waals surface area contributed by atoms with Gasteiger partial charge in [0.05, 0.1) is 16.8 Å². The summed E-state index contributed by atoms with van der Waals surface area (Å²) in [6.45, 7) is 6.48. The van der Waals surface area contributed by atoms with Crippen LogP contribution in [0, 0.1) is 0 Å². The molecule has 0 bridgehead atoms. The zero-order valence-corrected chi connectivity index (χ0v) is 12.3. The summed E-state index contributed by atoms with van der Waals surface area (Å²) in [5.74, 6) is 1.22. The maximum Gasteiger partial charge on any atom is 0.131 e. The fourth-order valence-electron chi connectivity index (χ4n) is 1.68. The lowest BCUT2D eigenvalue weighted by molar-refractivity contribution is 0.198. The molecule has 0 fully saturated rings. The Kier molecular flexibility index (Phi) is 4.56. The van der Waals surface area contributed by atoms with E-state index >= 15 is 0 Å². The summed E-state index contributed by atoms with van der Waals surface area (Å²) in [6.07, 6.45) is -0.477. The first kappa shape index (κ1) is 14.0. The number of rotatable bonds is 5. The summed E-state index contributed by atoms with van der Waals surface area (Å²) in [7, 11) is 0. The normalized spacial score (nSPS) is 12.7. The summed E-state index contributed by atoms with van der Waals surface area (Å²) in [4.78, 5) is 4.53. The van der Waals surface area contributed by atoms with Crippen molar-refractivity contribution < 1.29 is 9.84 Å². The summed E-state index contributed by atoms with van der Waals surface area (Å²) in [6, 6.07) is 7.53. The number of aromatic nitrogens is 1. The molecule has 4 heteroatoms.